The van der Waals surface area contributed by atoms with Gasteiger partial charge in [0, 0.05) is 12.6 Å². The second-order valence-electron chi connectivity index (χ2n) is 5.76. The fourth-order valence-electron chi connectivity index (χ4n) is 1.86. The summed E-state index contributed by atoms with van der Waals surface area (Å²) in [6.45, 7) is 11.6. The van der Waals surface area contributed by atoms with Gasteiger partial charge in [-0.2, -0.15) is 0 Å². The summed E-state index contributed by atoms with van der Waals surface area (Å²) < 4.78 is 42.3. The predicted molar refractivity (Wildman–Crippen MR) is 111 cm³/mol. The molecule has 1 N–H and O–H groups in total. The fourth-order valence-corrected chi connectivity index (χ4v) is 1.86. The molecule has 0 aromatic carbocycles. The molecule has 0 aromatic heterocycles. The second kappa shape index (κ2) is 25.9. The Labute approximate surface area is 180 Å². The molecule has 0 unspecified atom stereocenters. The van der Waals surface area contributed by atoms with Gasteiger partial charge in [-0.25, -0.2) is 4.79 Å². The molecule has 0 aliphatic carbocycles. The highest BCUT2D eigenvalue weighted by Gasteiger charge is 1.96. The molecule has 30 heavy (non-hydrogen) atoms. The first-order valence-electron chi connectivity index (χ1n) is 10.3. The Morgan fingerprint density at radius 2 is 0.900 bits per heavy atom. The topological polar surface area (TPSA) is 103 Å². The number of nitrogens with one attached hydrogen (secondary N) is 1. The average Bonchev–Trinajstić information content (AvgIpc) is 2.76. The molecule has 0 heterocycles. The van der Waals surface area contributed by atoms with E-state index in [2.05, 4.69) is 11.9 Å². The van der Waals surface area contributed by atoms with Crippen LogP contribution in [0, 0.1) is 0 Å². The summed E-state index contributed by atoms with van der Waals surface area (Å²) in [4.78, 5) is 10.8. The maximum Gasteiger partial charge on any atom is 0.330 e. The van der Waals surface area contributed by atoms with E-state index in [4.69, 9.17) is 37.9 Å². The molecule has 0 spiro atoms. The number of hydrogen-bond donors (Lipinski definition) is 1. The summed E-state index contributed by atoms with van der Waals surface area (Å²) in [6, 6.07) is 0. The van der Waals surface area contributed by atoms with Crippen LogP contribution in [0.2, 0.25) is 0 Å². The number of likely N-dealkylation sites (N-methyl/N-ethyl adjacent to an activating group) is 1. The molecule has 0 aliphatic heterocycles. The molecule has 0 aromatic rings. The van der Waals surface area contributed by atoms with Gasteiger partial charge in [0.25, 0.3) is 0 Å². The second-order valence-corrected chi connectivity index (χ2v) is 5.76. The Kier molecular flexibility index (Phi) is 25.0. The lowest BCUT2D eigenvalue weighted by Crippen LogP contribution is -2.17. The number of hydrogen-bond acceptors (Lipinski definition) is 10. The van der Waals surface area contributed by atoms with Crippen LogP contribution in [-0.2, 0) is 42.7 Å². The SMILES string of the molecule is C=CC(=O)OCCOCCOCCOCCOCCOCCOCCOCCNC. The Hall–Kier alpha value is -1.11. The Bertz CT molecular complexity index is 372. The average molecular weight is 438 g/mol. The molecule has 10 heteroatoms. The van der Waals surface area contributed by atoms with Gasteiger partial charge < -0.3 is 43.2 Å². The van der Waals surface area contributed by atoms with Crippen LogP contribution in [0.25, 0.3) is 0 Å². The first-order chi connectivity index (χ1) is 14.8. The summed E-state index contributed by atoms with van der Waals surface area (Å²) in [7, 11) is 1.89. The molecular formula is C20H39NO9. The zero-order valence-corrected chi connectivity index (χ0v) is 18.3. The van der Waals surface area contributed by atoms with Crippen molar-refractivity contribution < 1.29 is 42.7 Å². The van der Waals surface area contributed by atoms with E-state index in [0.717, 1.165) is 12.6 Å². The van der Waals surface area contributed by atoms with Gasteiger partial charge in [-0.15, -0.1) is 0 Å². The molecule has 0 aliphatic rings. The lowest BCUT2D eigenvalue weighted by Gasteiger charge is -2.08. The largest absolute Gasteiger partial charge is 0.460 e. The van der Waals surface area contributed by atoms with Crippen molar-refractivity contribution in [1.29, 1.82) is 0 Å². The Morgan fingerprint density at radius 1 is 0.600 bits per heavy atom. The van der Waals surface area contributed by atoms with Crippen molar-refractivity contribution in [2.75, 3.05) is 113 Å². The van der Waals surface area contributed by atoms with Gasteiger partial charge in [0.1, 0.15) is 6.61 Å². The molecule has 0 bridgehead atoms. The third-order valence-corrected chi connectivity index (χ3v) is 3.37. The lowest BCUT2D eigenvalue weighted by atomic mass is 10.6. The molecule has 0 saturated carbocycles. The highest BCUT2D eigenvalue weighted by molar-refractivity contribution is 5.81. The molecule has 0 rings (SSSR count). The number of carbonyl (C=O) groups is 1. The molecule has 10 nitrogen and oxygen atoms in total. The van der Waals surface area contributed by atoms with Crippen molar-refractivity contribution in [3.05, 3.63) is 12.7 Å². The van der Waals surface area contributed by atoms with Crippen LogP contribution < -0.4 is 5.32 Å². The molecule has 0 saturated heterocycles. The van der Waals surface area contributed by atoms with E-state index in [1.54, 1.807) is 0 Å². The highest BCUT2D eigenvalue weighted by atomic mass is 16.6. The predicted octanol–water partition coefficient (Wildman–Crippen LogP) is 0.0512. The van der Waals surface area contributed by atoms with Crippen molar-refractivity contribution in [3.63, 3.8) is 0 Å². The van der Waals surface area contributed by atoms with Gasteiger partial charge in [-0.05, 0) is 7.05 Å². The molecular weight excluding hydrogens is 398 g/mol. The maximum absolute atomic E-state index is 10.8. The zero-order chi connectivity index (χ0) is 22.0. The van der Waals surface area contributed by atoms with Gasteiger partial charge in [0.2, 0.25) is 0 Å². The van der Waals surface area contributed by atoms with E-state index in [9.17, 15) is 4.79 Å². The first kappa shape index (κ1) is 28.9. The molecule has 0 amide bonds. The lowest BCUT2D eigenvalue weighted by molar-refractivity contribution is -0.139. The van der Waals surface area contributed by atoms with Gasteiger partial charge in [-0.1, -0.05) is 6.58 Å². The van der Waals surface area contributed by atoms with Gasteiger partial charge >= 0.3 is 5.97 Å². The van der Waals surface area contributed by atoms with Crippen LogP contribution in [0.1, 0.15) is 0 Å². The van der Waals surface area contributed by atoms with E-state index in [1.165, 1.54) is 0 Å². The normalized spacial score (nSPS) is 11.0. The van der Waals surface area contributed by atoms with Crippen LogP contribution in [0.4, 0.5) is 0 Å². The monoisotopic (exact) mass is 437 g/mol. The van der Waals surface area contributed by atoms with E-state index in [1.807, 2.05) is 7.05 Å². The van der Waals surface area contributed by atoms with E-state index in [-0.39, 0.29) is 6.61 Å². The van der Waals surface area contributed by atoms with Crippen molar-refractivity contribution in [3.8, 4) is 0 Å². The Balaban J connectivity index is 3.02. The highest BCUT2D eigenvalue weighted by Crippen LogP contribution is 1.86. The third-order valence-electron chi connectivity index (χ3n) is 3.37. The van der Waals surface area contributed by atoms with Gasteiger partial charge in [0.05, 0.1) is 92.5 Å². The molecule has 0 fully saturated rings. The fraction of sp³-hybridized carbons (Fsp3) is 0.850. The standard InChI is InChI=1S/C20H39NO9/c1-3-20(22)30-19-18-29-17-16-28-15-14-27-13-12-26-11-10-25-9-8-24-7-6-23-5-4-21-2/h3,21H,1,4-19H2,2H3. The summed E-state index contributed by atoms with van der Waals surface area (Å²) in [5.74, 6) is -0.453. The van der Waals surface area contributed by atoms with Crippen molar-refractivity contribution in [1.82, 2.24) is 5.32 Å². The summed E-state index contributed by atoms with van der Waals surface area (Å²) in [5, 5.41) is 3.01. The van der Waals surface area contributed by atoms with Crippen LogP contribution >= 0.6 is 0 Å². The number of rotatable bonds is 25. The van der Waals surface area contributed by atoms with Crippen LogP contribution in [0.3, 0.4) is 0 Å². The molecule has 178 valence electrons. The van der Waals surface area contributed by atoms with Crippen molar-refractivity contribution >= 4 is 5.97 Å². The summed E-state index contributed by atoms with van der Waals surface area (Å²) >= 11 is 0. The number of carbonyl (C=O) groups excluding carboxylic acids is 1. The zero-order valence-electron chi connectivity index (χ0n) is 18.3. The molecule has 0 radical (unpaired) electrons. The van der Waals surface area contributed by atoms with E-state index >= 15 is 0 Å². The smallest absolute Gasteiger partial charge is 0.330 e. The minimum atomic E-state index is -0.453. The van der Waals surface area contributed by atoms with Gasteiger partial charge in [0.15, 0.2) is 0 Å². The molecule has 0 atom stereocenters. The van der Waals surface area contributed by atoms with Crippen LogP contribution in [0.5, 0.6) is 0 Å². The number of esters is 1. The van der Waals surface area contributed by atoms with E-state index < -0.39 is 5.97 Å². The Morgan fingerprint density at radius 3 is 1.20 bits per heavy atom. The summed E-state index contributed by atoms with van der Waals surface area (Å²) in [5.41, 5.74) is 0. The van der Waals surface area contributed by atoms with E-state index in [0.29, 0.717) is 92.5 Å². The first-order valence-corrected chi connectivity index (χ1v) is 10.3. The number of ether oxygens (including phenoxy) is 8. The minimum Gasteiger partial charge on any atom is -0.460 e. The van der Waals surface area contributed by atoms with Crippen molar-refractivity contribution in [2.24, 2.45) is 0 Å². The maximum atomic E-state index is 10.8. The minimum absolute atomic E-state index is 0.208. The van der Waals surface area contributed by atoms with Crippen molar-refractivity contribution in [2.45, 2.75) is 0 Å². The van der Waals surface area contributed by atoms with Gasteiger partial charge in [-0.3, -0.25) is 0 Å². The van der Waals surface area contributed by atoms with Crippen LogP contribution in [0.15, 0.2) is 12.7 Å². The quantitative estimate of drug-likeness (QED) is 0.120. The third kappa shape index (κ3) is 24.9. The summed E-state index contributed by atoms with van der Waals surface area (Å²) in [6.07, 6.45) is 1.12. The van der Waals surface area contributed by atoms with Crippen LogP contribution in [-0.4, -0.2) is 119 Å².